The third-order valence-electron chi connectivity index (χ3n) is 3.18. The van der Waals surface area contributed by atoms with Crippen molar-refractivity contribution in [3.8, 4) is 11.3 Å². The molecule has 102 valence electrons. The van der Waals surface area contributed by atoms with E-state index in [1.54, 1.807) is 10.9 Å². The highest BCUT2D eigenvalue weighted by Gasteiger charge is 2.11. The number of hydrogen-bond acceptors (Lipinski definition) is 3. The molecule has 4 nitrogen and oxygen atoms in total. The average molecular weight is 279 g/mol. The van der Waals surface area contributed by atoms with Crippen molar-refractivity contribution >= 4 is 11.6 Å². The summed E-state index contributed by atoms with van der Waals surface area (Å²) in [5.41, 5.74) is 3.11. The first-order valence-electron chi connectivity index (χ1n) is 6.51. The molecule has 1 atom stereocenters. The van der Waals surface area contributed by atoms with Gasteiger partial charge in [0.15, 0.2) is 0 Å². The molecule has 0 amide bonds. The van der Waals surface area contributed by atoms with Crippen molar-refractivity contribution < 1.29 is 0 Å². The summed E-state index contributed by atoms with van der Waals surface area (Å²) in [4.78, 5) is 0. The normalized spacial score (nSPS) is 12.6. The zero-order chi connectivity index (χ0) is 13.8. The molecule has 0 radical (unpaired) electrons. The van der Waals surface area contributed by atoms with Crippen LogP contribution in [0, 0.1) is 0 Å². The fourth-order valence-electron chi connectivity index (χ4n) is 2.06. The van der Waals surface area contributed by atoms with Gasteiger partial charge in [-0.05, 0) is 31.5 Å². The first kappa shape index (κ1) is 14.0. The van der Waals surface area contributed by atoms with Crippen molar-refractivity contribution in [2.24, 2.45) is 7.05 Å². The van der Waals surface area contributed by atoms with Gasteiger partial charge in [0.1, 0.15) is 0 Å². The molecular weight excluding hydrogens is 260 g/mol. The number of benzene rings is 1. The molecule has 0 saturated carbocycles. The summed E-state index contributed by atoms with van der Waals surface area (Å²) in [6.45, 7) is 5.27. The maximum absolute atomic E-state index is 6.38. The van der Waals surface area contributed by atoms with Gasteiger partial charge in [0, 0.05) is 23.7 Å². The third-order valence-corrected chi connectivity index (χ3v) is 3.51. The molecule has 0 aliphatic rings. The highest BCUT2D eigenvalue weighted by molar-refractivity contribution is 6.31. The largest absolute Gasteiger partial charge is 0.310 e. The molecule has 19 heavy (non-hydrogen) atoms. The Hall–Kier alpha value is -1.39. The van der Waals surface area contributed by atoms with Crippen LogP contribution in [-0.4, -0.2) is 21.5 Å². The Kier molecular flexibility index (Phi) is 4.56. The van der Waals surface area contributed by atoms with Gasteiger partial charge >= 0.3 is 0 Å². The van der Waals surface area contributed by atoms with Gasteiger partial charge in [-0.1, -0.05) is 35.9 Å². The van der Waals surface area contributed by atoms with Crippen LogP contribution in [0.15, 0.2) is 24.4 Å². The summed E-state index contributed by atoms with van der Waals surface area (Å²) >= 11 is 6.38. The minimum absolute atomic E-state index is 0.256. The number of nitrogens with one attached hydrogen (secondary N) is 1. The van der Waals surface area contributed by atoms with Crippen LogP contribution in [-0.2, 0) is 7.05 Å². The number of halogens is 1. The summed E-state index contributed by atoms with van der Waals surface area (Å²) in [6, 6.07) is 6.35. The van der Waals surface area contributed by atoms with E-state index in [0.29, 0.717) is 0 Å². The zero-order valence-corrected chi connectivity index (χ0v) is 12.3. The minimum Gasteiger partial charge on any atom is -0.310 e. The van der Waals surface area contributed by atoms with E-state index in [-0.39, 0.29) is 6.04 Å². The monoisotopic (exact) mass is 278 g/mol. The summed E-state index contributed by atoms with van der Waals surface area (Å²) in [5, 5.41) is 12.0. The second kappa shape index (κ2) is 6.17. The molecule has 2 aromatic rings. The lowest BCUT2D eigenvalue weighted by Crippen LogP contribution is -2.19. The van der Waals surface area contributed by atoms with E-state index in [9.17, 15) is 0 Å². The van der Waals surface area contributed by atoms with E-state index in [0.717, 1.165) is 34.8 Å². The van der Waals surface area contributed by atoms with Crippen molar-refractivity contribution in [3.63, 3.8) is 0 Å². The van der Waals surface area contributed by atoms with Crippen molar-refractivity contribution in [1.82, 2.24) is 20.3 Å². The van der Waals surface area contributed by atoms with Crippen LogP contribution >= 0.6 is 11.6 Å². The quantitative estimate of drug-likeness (QED) is 0.913. The molecule has 1 unspecified atom stereocenters. The number of aromatic nitrogens is 3. The lowest BCUT2D eigenvalue weighted by Gasteiger charge is -2.16. The molecule has 2 rings (SSSR count). The van der Waals surface area contributed by atoms with Gasteiger partial charge < -0.3 is 5.32 Å². The van der Waals surface area contributed by atoms with Gasteiger partial charge in [-0.15, -0.1) is 5.10 Å². The van der Waals surface area contributed by atoms with Crippen LogP contribution in [0.2, 0.25) is 5.02 Å². The van der Waals surface area contributed by atoms with Gasteiger partial charge in [0.2, 0.25) is 0 Å². The average Bonchev–Trinajstić information content (AvgIpc) is 2.82. The summed E-state index contributed by atoms with van der Waals surface area (Å²) in [6.07, 6.45) is 2.85. The van der Waals surface area contributed by atoms with Gasteiger partial charge in [-0.2, -0.15) is 0 Å². The summed E-state index contributed by atoms with van der Waals surface area (Å²) < 4.78 is 1.74. The van der Waals surface area contributed by atoms with Gasteiger partial charge in [-0.25, -0.2) is 4.68 Å². The number of hydrogen-bond donors (Lipinski definition) is 1. The Morgan fingerprint density at radius 2 is 2.21 bits per heavy atom. The lowest BCUT2D eigenvalue weighted by molar-refractivity contribution is 0.571. The van der Waals surface area contributed by atoms with Gasteiger partial charge in [-0.3, -0.25) is 0 Å². The smallest absolute Gasteiger partial charge is 0.0882 e. The van der Waals surface area contributed by atoms with Crippen LogP contribution < -0.4 is 5.32 Å². The summed E-state index contributed by atoms with van der Waals surface area (Å²) in [5.74, 6) is 0. The molecule has 0 aliphatic heterocycles. The summed E-state index contributed by atoms with van der Waals surface area (Å²) in [7, 11) is 1.87. The molecule has 0 bridgehead atoms. The molecule has 1 N–H and O–H groups in total. The van der Waals surface area contributed by atoms with E-state index in [2.05, 4.69) is 41.6 Å². The van der Waals surface area contributed by atoms with Crippen LogP contribution in [0.25, 0.3) is 11.3 Å². The maximum Gasteiger partial charge on any atom is 0.0882 e. The predicted octanol–water partition coefficient (Wildman–Crippen LogP) is 3.20. The predicted molar refractivity (Wildman–Crippen MR) is 78.2 cm³/mol. The molecule has 0 spiro atoms. The van der Waals surface area contributed by atoms with Crippen LogP contribution in [0.3, 0.4) is 0 Å². The van der Waals surface area contributed by atoms with Crippen molar-refractivity contribution in [3.05, 3.63) is 35.0 Å². The van der Waals surface area contributed by atoms with E-state index < -0.39 is 0 Å². The van der Waals surface area contributed by atoms with Crippen molar-refractivity contribution in [2.45, 2.75) is 26.3 Å². The SMILES string of the molecule is CCCNC(C)c1ccc(-c2cnnn2C)cc1Cl. The highest BCUT2D eigenvalue weighted by atomic mass is 35.5. The van der Waals surface area contributed by atoms with Gasteiger partial charge in [0.05, 0.1) is 11.9 Å². The Labute approximate surface area is 118 Å². The van der Waals surface area contributed by atoms with Gasteiger partial charge in [0.25, 0.3) is 0 Å². The molecule has 0 aliphatic carbocycles. The molecule has 1 aromatic heterocycles. The van der Waals surface area contributed by atoms with Crippen molar-refractivity contribution in [2.75, 3.05) is 6.54 Å². The zero-order valence-electron chi connectivity index (χ0n) is 11.5. The maximum atomic E-state index is 6.38. The second-order valence-corrected chi connectivity index (χ2v) is 5.06. The second-order valence-electron chi connectivity index (χ2n) is 4.65. The molecule has 0 fully saturated rings. The van der Waals surface area contributed by atoms with Crippen LogP contribution in [0.5, 0.6) is 0 Å². The highest BCUT2D eigenvalue weighted by Crippen LogP contribution is 2.28. The number of nitrogens with zero attached hydrogens (tertiary/aromatic N) is 3. The van der Waals surface area contributed by atoms with E-state index in [1.165, 1.54) is 0 Å². The molecule has 5 heteroatoms. The standard InChI is InChI=1S/C14H19ClN4/c1-4-7-16-10(2)12-6-5-11(8-13(12)15)14-9-17-18-19(14)3/h5-6,8-10,16H,4,7H2,1-3H3. The fraction of sp³-hybridized carbons (Fsp3) is 0.429. The number of aryl methyl sites for hydroxylation is 1. The lowest BCUT2D eigenvalue weighted by atomic mass is 10.0. The minimum atomic E-state index is 0.256. The number of rotatable bonds is 5. The molecular formula is C14H19ClN4. The Morgan fingerprint density at radius 3 is 2.79 bits per heavy atom. The molecule has 0 saturated heterocycles. The Morgan fingerprint density at radius 1 is 1.42 bits per heavy atom. The van der Waals surface area contributed by atoms with E-state index in [1.807, 2.05) is 13.1 Å². The Bertz CT molecular complexity index is 550. The van der Waals surface area contributed by atoms with Crippen LogP contribution in [0.1, 0.15) is 31.9 Å². The fourth-order valence-corrected chi connectivity index (χ4v) is 2.40. The van der Waals surface area contributed by atoms with Crippen LogP contribution in [0.4, 0.5) is 0 Å². The Balaban J connectivity index is 2.25. The first-order valence-corrected chi connectivity index (χ1v) is 6.89. The molecule has 1 heterocycles. The molecule has 1 aromatic carbocycles. The van der Waals surface area contributed by atoms with E-state index in [4.69, 9.17) is 11.6 Å². The van der Waals surface area contributed by atoms with Crippen molar-refractivity contribution in [1.29, 1.82) is 0 Å². The third kappa shape index (κ3) is 3.14. The first-order chi connectivity index (χ1) is 9.13. The topological polar surface area (TPSA) is 42.7 Å². The van der Waals surface area contributed by atoms with E-state index >= 15 is 0 Å².